The van der Waals surface area contributed by atoms with Crippen LogP contribution in [0.3, 0.4) is 0 Å². The fourth-order valence-electron chi connectivity index (χ4n) is 4.75. The van der Waals surface area contributed by atoms with Gasteiger partial charge in [-0.25, -0.2) is 0 Å². The Labute approximate surface area is 218 Å². The molecule has 3 aromatic carbocycles. The molecule has 37 heavy (non-hydrogen) atoms. The van der Waals surface area contributed by atoms with Crippen LogP contribution in [-0.4, -0.2) is 29.8 Å². The van der Waals surface area contributed by atoms with Crippen LogP contribution in [0.15, 0.2) is 60.7 Å². The molecule has 0 aliphatic heterocycles. The van der Waals surface area contributed by atoms with Crippen LogP contribution in [0, 0.1) is 41.5 Å². The number of aryl methyl sites for hydroxylation is 6. The molecule has 0 saturated heterocycles. The summed E-state index contributed by atoms with van der Waals surface area (Å²) in [7, 11) is -4.42. The lowest BCUT2D eigenvalue weighted by Gasteiger charge is -2.20. The zero-order valence-corrected chi connectivity index (χ0v) is 23.1. The van der Waals surface area contributed by atoms with Crippen molar-refractivity contribution in [2.45, 2.75) is 41.5 Å². The summed E-state index contributed by atoms with van der Waals surface area (Å²) in [6, 6.07) is 16.7. The Kier molecular flexibility index (Phi) is 8.83. The van der Waals surface area contributed by atoms with Crippen LogP contribution in [0.25, 0.3) is 6.08 Å². The normalized spacial score (nSPS) is 11.5. The van der Waals surface area contributed by atoms with Crippen LogP contribution in [0.4, 0.5) is 0 Å². The van der Waals surface area contributed by atoms with Gasteiger partial charge in [0, 0.05) is 11.1 Å². The van der Waals surface area contributed by atoms with Gasteiger partial charge in [0.2, 0.25) is 18.2 Å². The second-order valence-corrected chi connectivity index (χ2v) is 12.2. The van der Waals surface area contributed by atoms with E-state index in [1.54, 1.807) is 39.8 Å². The number of hydrogen-bond donors (Lipinski definition) is 0. The van der Waals surface area contributed by atoms with Gasteiger partial charge < -0.3 is 9.30 Å². The van der Waals surface area contributed by atoms with E-state index in [1.807, 2.05) is 68.4 Å². The van der Waals surface area contributed by atoms with Crippen LogP contribution in [-0.2, 0) is 14.1 Å². The molecule has 6 heteroatoms. The largest absolute Gasteiger partial charge is 0.461 e. The minimum Gasteiger partial charge on any atom is -0.461 e. The zero-order valence-electron chi connectivity index (χ0n) is 22.3. The number of rotatable bonds is 9. The van der Waals surface area contributed by atoms with E-state index in [4.69, 9.17) is 4.74 Å². The Morgan fingerprint density at radius 3 is 1.59 bits per heavy atom. The maximum atomic E-state index is 14.4. The van der Waals surface area contributed by atoms with Gasteiger partial charge in [-0.2, -0.15) is 0 Å². The first kappa shape index (κ1) is 28.0. The number of carbonyl (C=O) groups excluding carboxylic acids is 3. The smallest absolute Gasteiger partial charge is 0.314 e. The molecule has 0 aliphatic rings. The van der Waals surface area contributed by atoms with Crippen molar-refractivity contribution >= 4 is 30.2 Å². The molecular formula is C31H33O5P. The fraction of sp³-hybridized carbons (Fsp3) is 0.258. The van der Waals surface area contributed by atoms with Crippen molar-refractivity contribution in [3.8, 4) is 0 Å². The highest BCUT2D eigenvalue weighted by Crippen LogP contribution is 2.53. The van der Waals surface area contributed by atoms with Crippen LogP contribution < -0.4 is 0 Å². The summed E-state index contributed by atoms with van der Waals surface area (Å²) in [5.41, 5.74) is 4.14. The van der Waals surface area contributed by atoms with Crippen molar-refractivity contribution in [1.29, 1.82) is 0 Å². The minimum atomic E-state index is -4.42. The minimum absolute atomic E-state index is 0.0682. The topological polar surface area (TPSA) is 77.5 Å². The third-order valence-corrected chi connectivity index (χ3v) is 8.70. The molecule has 0 heterocycles. The monoisotopic (exact) mass is 516 g/mol. The Morgan fingerprint density at radius 1 is 0.730 bits per heavy atom. The van der Waals surface area contributed by atoms with E-state index in [-0.39, 0.29) is 17.7 Å². The predicted octanol–water partition coefficient (Wildman–Crippen LogP) is 7.14. The van der Waals surface area contributed by atoms with E-state index in [0.29, 0.717) is 22.3 Å². The lowest BCUT2D eigenvalue weighted by Crippen LogP contribution is -2.22. The first-order chi connectivity index (χ1) is 17.4. The van der Waals surface area contributed by atoms with Gasteiger partial charge in [0.1, 0.15) is 12.8 Å². The summed E-state index contributed by atoms with van der Waals surface area (Å²) in [6.07, 6.45) is 2.66. The van der Waals surface area contributed by atoms with Crippen LogP contribution in [0.1, 0.15) is 59.7 Å². The second-order valence-electron chi connectivity index (χ2n) is 9.55. The molecule has 0 spiro atoms. The van der Waals surface area contributed by atoms with E-state index >= 15 is 0 Å². The molecule has 192 valence electrons. The highest BCUT2D eigenvalue weighted by atomic mass is 31.2. The van der Waals surface area contributed by atoms with E-state index in [0.717, 1.165) is 16.7 Å². The van der Waals surface area contributed by atoms with Gasteiger partial charge in [-0.3, -0.25) is 14.4 Å². The Hall–Kier alpha value is -3.56. The Bertz CT molecular complexity index is 1310. The highest BCUT2D eigenvalue weighted by Gasteiger charge is 2.45. The molecule has 0 saturated carbocycles. The van der Waals surface area contributed by atoms with Crippen molar-refractivity contribution < 1.29 is 23.7 Å². The molecule has 0 aliphatic carbocycles. The molecule has 3 aromatic rings. The summed E-state index contributed by atoms with van der Waals surface area (Å²) in [4.78, 5) is 40.6. The quantitative estimate of drug-likeness (QED) is 0.223. The van der Waals surface area contributed by atoms with E-state index in [9.17, 15) is 18.9 Å². The number of carbonyl (C=O) groups is 3. The maximum Gasteiger partial charge on any atom is 0.314 e. The maximum absolute atomic E-state index is 14.4. The first-order valence-electron chi connectivity index (χ1n) is 12.2. The first-order valence-corrected chi connectivity index (χ1v) is 14.0. The zero-order chi connectivity index (χ0) is 27.3. The lowest BCUT2D eigenvalue weighted by atomic mass is 10.0. The summed E-state index contributed by atoms with van der Waals surface area (Å²) < 4.78 is 19.7. The van der Waals surface area contributed by atoms with Crippen LogP contribution in [0.5, 0.6) is 0 Å². The summed E-state index contributed by atoms with van der Waals surface area (Å²) in [6.45, 7) is 10.7. The average Bonchev–Trinajstić information content (AvgIpc) is 2.81. The SMILES string of the molecule is Cc1cc(C)c(C(=O)P(=O)(CC(=O)OC/C=C/c2ccccc2)C(=O)c2c(C)cc(C)cc2C)c(C)c1. The predicted molar refractivity (Wildman–Crippen MR) is 149 cm³/mol. The van der Waals surface area contributed by atoms with Crippen molar-refractivity contribution in [1.82, 2.24) is 0 Å². The number of esters is 1. The third kappa shape index (κ3) is 6.42. The summed E-state index contributed by atoms with van der Waals surface area (Å²) in [5.74, 6) is -0.854. The van der Waals surface area contributed by atoms with Crippen molar-refractivity contribution in [3.63, 3.8) is 0 Å². The van der Waals surface area contributed by atoms with Gasteiger partial charge in [0.15, 0.2) is 0 Å². The van der Waals surface area contributed by atoms with Gasteiger partial charge in [0.05, 0.1) is 0 Å². The summed E-state index contributed by atoms with van der Waals surface area (Å²) in [5, 5.41) is 0. The van der Waals surface area contributed by atoms with Crippen LogP contribution in [0.2, 0.25) is 0 Å². The van der Waals surface area contributed by atoms with E-state index < -0.39 is 30.3 Å². The van der Waals surface area contributed by atoms with Gasteiger partial charge in [-0.15, -0.1) is 0 Å². The molecule has 0 bridgehead atoms. The molecule has 0 N–H and O–H groups in total. The number of benzene rings is 3. The summed E-state index contributed by atoms with van der Waals surface area (Å²) >= 11 is 0. The van der Waals surface area contributed by atoms with Crippen LogP contribution >= 0.6 is 7.14 Å². The van der Waals surface area contributed by atoms with Gasteiger partial charge in [0.25, 0.3) is 0 Å². The molecule has 0 radical (unpaired) electrons. The number of ether oxygens (including phenoxy) is 1. The molecule has 0 fully saturated rings. The van der Waals surface area contributed by atoms with Gasteiger partial charge in [-0.1, -0.05) is 71.8 Å². The van der Waals surface area contributed by atoms with E-state index in [2.05, 4.69) is 0 Å². The molecule has 5 nitrogen and oxygen atoms in total. The number of hydrogen-bond acceptors (Lipinski definition) is 5. The lowest BCUT2D eigenvalue weighted by molar-refractivity contribution is -0.139. The molecule has 0 amide bonds. The molecule has 0 aromatic heterocycles. The van der Waals surface area contributed by atoms with Crippen molar-refractivity contribution in [2.24, 2.45) is 0 Å². The fourth-order valence-corrected chi connectivity index (χ4v) is 7.10. The standard InChI is InChI=1S/C31H33O5P/c1-20-15-22(3)28(23(4)16-20)30(33)37(35,31(34)29-24(5)17-21(2)18-25(29)6)19-27(32)36-14-10-13-26-11-8-7-9-12-26/h7-13,15-18H,14,19H2,1-6H3/b13-10+. The van der Waals surface area contributed by atoms with E-state index in [1.165, 1.54) is 0 Å². The second kappa shape index (κ2) is 11.7. The Morgan fingerprint density at radius 2 is 1.16 bits per heavy atom. The van der Waals surface area contributed by atoms with Crippen molar-refractivity contribution in [2.75, 3.05) is 12.8 Å². The van der Waals surface area contributed by atoms with Crippen molar-refractivity contribution in [3.05, 3.63) is 111 Å². The molecule has 0 unspecified atom stereocenters. The Balaban J connectivity index is 1.97. The molecule has 3 rings (SSSR count). The van der Waals surface area contributed by atoms with Gasteiger partial charge in [-0.05, 0) is 75.4 Å². The average molecular weight is 517 g/mol. The highest BCUT2D eigenvalue weighted by molar-refractivity contribution is 7.96. The third-order valence-electron chi connectivity index (χ3n) is 6.24. The van der Waals surface area contributed by atoms with Gasteiger partial charge >= 0.3 is 5.97 Å². The molecule has 0 atom stereocenters. The molecular weight excluding hydrogens is 483 g/mol.